The fraction of sp³-hybridized carbons (Fsp3) is 0.226. The molecule has 1 atom stereocenters. The lowest BCUT2D eigenvalue weighted by Gasteiger charge is -2.51. The highest BCUT2D eigenvalue weighted by Crippen LogP contribution is 2.43. The Balaban J connectivity index is 1.69. The summed E-state index contributed by atoms with van der Waals surface area (Å²) in [5.74, 6) is -1.54. The predicted octanol–water partition coefficient (Wildman–Crippen LogP) is 5.26. The van der Waals surface area contributed by atoms with Crippen LogP contribution in [0.3, 0.4) is 0 Å². The van der Waals surface area contributed by atoms with Crippen LogP contribution < -0.4 is 10.2 Å². The molecular formula is C31H30N2O6. The molecule has 1 heterocycles. The van der Waals surface area contributed by atoms with E-state index in [1.54, 1.807) is 62.4 Å². The molecule has 39 heavy (non-hydrogen) atoms. The molecule has 3 aromatic rings. The maximum Gasteiger partial charge on any atom is 0.338 e. The molecule has 3 aromatic carbocycles. The maximum atomic E-state index is 13.9. The summed E-state index contributed by atoms with van der Waals surface area (Å²) in [6, 6.07) is 22.3. The van der Waals surface area contributed by atoms with E-state index in [2.05, 4.69) is 5.32 Å². The summed E-state index contributed by atoms with van der Waals surface area (Å²) >= 11 is 0. The molecule has 1 N–H and O–H groups in total. The fourth-order valence-electron chi connectivity index (χ4n) is 4.56. The zero-order valence-electron chi connectivity index (χ0n) is 22.1. The average Bonchev–Trinajstić information content (AvgIpc) is 2.93. The third kappa shape index (κ3) is 5.60. The van der Waals surface area contributed by atoms with Crippen molar-refractivity contribution in [3.8, 4) is 0 Å². The first-order valence-corrected chi connectivity index (χ1v) is 12.7. The van der Waals surface area contributed by atoms with Gasteiger partial charge in [0, 0.05) is 11.4 Å². The van der Waals surface area contributed by atoms with E-state index in [0.29, 0.717) is 28.1 Å². The Hall–Kier alpha value is -4.72. The lowest BCUT2D eigenvalue weighted by atomic mass is 9.75. The number of ether oxygens (including phenoxy) is 2. The Morgan fingerprint density at radius 1 is 0.846 bits per heavy atom. The number of amides is 2. The summed E-state index contributed by atoms with van der Waals surface area (Å²) in [7, 11) is 0. The largest absolute Gasteiger partial charge is 0.462 e. The van der Waals surface area contributed by atoms with Crippen LogP contribution >= 0.6 is 0 Å². The predicted molar refractivity (Wildman–Crippen MR) is 148 cm³/mol. The van der Waals surface area contributed by atoms with Crippen molar-refractivity contribution in [1.82, 2.24) is 0 Å². The highest BCUT2D eigenvalue weighted by Gasteiger charge is 2.58. The number of carbonyl (C=O) groups is 4. The number of benzene rings is 3. The molecule has 1 saturated heterocycles. The second-order valence-corrected chi connectivity index (χ2v) is 9.02. The van der Waals surface area contributed by atoms with Gasteiger partial charge in [0.15, 0.2) is 5.54 Å². The molecule has 8 nitrogen and oxygen atoms in total. The maximum absolute atomic E-state index is 13.9. The first-order valence-electron chi connectivity index (χ1n) is 12.7. The van der Waals surface area contributed by atoms with Gasteiger partial charge in [-0.3, -0.25) is 14.5 Å². The van der Waals surface area contributed by atoms with E-state index in [-0.39, 0.29) is 25.5 Å². The van der Waals surface area contributed by atoms with Gasteiger partial charge in [0.25, 0.3) is 5.91 Å². The van der Waals surface area contributed by atoms with Crippen LogP contribution in [0, 0.1) is 0 Å². The SMILES string of the molecule is CCOC(=O)c1ccc(NC(=O)C2(C(C)=Cc3ccccc3)CC(=O)N2c2ccc(C(=O)OCC)cc2)cc1. The van der Waals surface area contributed by atoms with Crippen molar-refractivity contribution in [2.24, 2.45) is 0 Å². The first kappa shape index (κ1) is 27.3. The standard InChI is InChI=1S/C31H30N2O6/c1-4-38-28(35)23-11-15-25(16-12-23)32-30(37)31(21(3)19-22-9-7-6-8-10-22)20-27(34)33(31)26-17-13-24(14-18-26)29(36)39-5-2/h6-19H,4-5,20H2,1-3H3,(H,32,37). The lowest BCUT2D eigenvalue weighted by Crippen LogP contribution is -2.70. The Bertz CT molecular complexity index is 1400. The van der Waals surface area contributed by atoms with Crippen LogP contribution in [0.2, 0.25) is 0 Å². The third-order valence-corrected chi connectivity index (χ3v) is 6.54. The Morgan fingerprint density at radius 3 is 1.90 bits per heavy atom. The van der Waals surface area contributed by atoms with Gasteiger partial charge in [0.2, 0.25) is 5.91 Å². The number of nitrogens with zero attached hydrogens (tertiary/aromatic N) is 1. The van der Waals surface area contributed by atoms with Gasteiger partial charge in [-0.1, -0.05) is 36.4 Å². The molecule has 1 unspecified atom stereocenters. The number of nitrogens with one attached hydrogen (secondary N) is 1. The molecule has 0 saturated carbocycles. The van der Waals surface area contributed by atoms with E-state index in [1.807, 2.05) is 43.3 Å². The molecule has 0 aliphatic carbocycles. The van der Waals surface area contributed by atoms with Gasteiger partial charge in [-0.25, -0.2) is 9.59 Å². The van der Waals surface area contributed by atoms with E-state index in [1.165, 1.54) is 4.90 Å². The van der Waals surface area contributed by atoms with Crippen molar-refractivity contribution in [2.45, 2.75) is 32.7 Å². The van der Waals surface area contributed by atoms with Crippen LogP contribution in [0.25, 0.3) is 6.08 Å². The summed E-state index contributed by atoms with van der Waals surface area (Å²) in [6.45, 7) is 5.79. The average molecular weight is 527 g/mol. The molecule has 1 aliphatic heterocycles. The number of hydrogen-bond donors (Lipinski definition) is 1. The topological polar surface area (TPSA) is 102 Å². The van der Waals surface area contributed by atoms with Crippen molar-refractivity contribution >= 4 is 41.2 Å². The minimum Gasteiger partial charge on any atom is -0.462 e. The quantitative estimate of drug-likeness (QED) is 0.302. The van der Waals surface area contributed by atoms with Gasteiger partial charge < -0.3 is 14.8 Å². The van der Waals surface area contributed by atoms with Gasteiger partial charge in [-0.05, 0) is 80.4 Å². The molecule has 1 aliphatic rings. The third-order valence-electron chi connectivity index (χ3n) is 6.54. The van der Waals surface area contributed by atoms with Crippen molar-refractivity contribution < 1.29 is 28.7 Å². The molecular weight excluding hydrogens is 496 g/mol. The molecule has 0 bridgehead atoms. The Kier molecular flexibility index (Phi) is 8.24. The minimum atomic E-state index is -1.31. The smallest absolute Gasteiger partial charge is 0.338 e. The highest BCUT2D eigenvalue weighted by atomic mass is 16.5. The highest BCUT2D eigenvalue weighted by molar-refractivity contribution is 6.19. The molecule has 1 fully saturated rings. The number of β-lactam (4-membered cyclic amide) rings is 1. The lowest BCUT2D eigenvalue weighted by molar-refractivity contribution is -0.135. The van der Waals surface area contributed by atoms with E-state index < -0.39 is 23.4 Å². The van der Waals surface area contributed by atoms with Gasteiger partial charge >= 0.3 is 11.9 Å². The number of hydrogen-bond acceptors (Lipinski definition) is 6. The second-order valence-electron chi connectivity index (χ2n) is 9.02. The minimum absolute atomic E-state index is 0.0332. The number of esters is 2. The van der Waals surface area contributed by atoms with E-state index in [0.717, 1.165) is 5.56 Å². The Morgan fingerprint density at radius 2 is 1.38 bits per heavy atom. The van der Waals surface area contributed by atoms with Crippen molar-refractivity contribution in [1.29, 1.82) is 0 Å². The number of carbonyl (C=O) groups excluding carboxylic acids is 4. The van der Waals surface area contributed by atoms with Gasteiger partial charge in [-0.2, -0.15) is 0 Å². The van der Waals surface area contributed by atoms with Crippen molar-refractivity contribution in [3.05, 3.63) is 101 Å². The van der Waals surface area contributed by atoms with Crippen molar-refractivity contribution in [3.63, 3.8) is 0 Å². The van der Waals surface area contributed by atoms with E-state index >= 15 is 0 Å². The molecule has 0 radical (unpaired) electrons. The molecule has 0 aromatic heterocycles. The van der Waals surface area contributed by atoms with E-state index in [4.69, 9.17) is 9.47 Å². The molecule has 8 heteroatoms. The van der Waals surface area contributed by atoms with Crippen LogP contribution in [0.15, 0.2) is 84.4 Å². The number of anilines is 2. The summed E-state index contributed by atoms with van der Waals surface area (Å²) in [4.78, 5) is 52.6. The summed E-state index contributed by atoms with van der Waals surface area (Å²) < 4.78 is 10.1. The molecule has 4 rings (SSSR count). The fourth-order valence-corrected chi connectivity index (χ4v) is 4.56. The van der Waals surface area contributed by atoms with Gasteiger partial charge in [-0.15, -0.1) is 0 Å². The Labute approximate surface area is 227 Å². The number of rotatable bonds is 9. The van der Waals surface area contributed by atoms with Gasteiger partial charge in [0.1, 0.15) is 0 Å². The molecule has 0 spiro atoms. The molecule has 200 valence electrons. The zero-order chi connectivity index (χ0) is 28.0. The van der Waals surface area contributed by atoms with Crippen molar-refractivity contribution in [2.75, 3.05) is 23.4 Å². The van der Waals surface area contributed by atoms with Crippen LogP contribution in [-0.4, -0.2) is 42.5 Å². The summed E-state index contributed by atoms with van der Waals surface area (Å²) in [6.07, 6.45) is 1.85. The van der Waals surface area contributed by atoms with Crippen LogP contribution in [-0.2, 0) is 19.1 Å². The van der Waals surface area contributed by atoms with Crippen LogP contribution in [0.1, 0.15) is 53.5 Å². The zero-order valence-corrected chi connectivity index (χ0v) is 22.1. The van der Waals surface area contributed by atoms with Gasteiger partial charge in [0.05, 0.1) is 30.8 Å². The monoisotopic (exact) mass is 526 g/mol. The van der Waals surface area contributed by atoms with Crippen LogP contribution in [0.5, 0.6) is 0 Å². The normalized spacial score (nSPS) is 16.7. The summed E-state index contributed by atoms with van der Waals surface area (Å²) in [5.41, 5.74) is 1.91. The van der Waals surface area contributed by atoms with E-state index in [9.17, 15) is 19.2 Å². The summed E-state index contributed by atoms with van der Waals surface area (Å²) in [5, 5.41) is 2.92. The van der Waals surface area contributed by atoms with Crippen LogP contribution in [0.4, 0.5) is 11.4 Å². The second kappa shape index (κ2) is 11.8. The first-order chi connectivity index (χ1) is 18.8. The molecule has 2 amide bonds.